The summed E-state index contributed by atoms with van der Waals surface area (Å²) in [7, 11) is 1.62. The standard InChI is InChI=1S/C27H36N2O5/c1-4-6-14-28-27(31)23(5-2)29(19-21-8-7-9-22(17-21)32-3)26(30)13-11-20-10-12-24-25(18-20)34-16-15-33-24/h7-10,12,17-18,23H,4-6,11,13-16,19H2,1-3H3,(H,28,31)/t23-/m1/s1. The predicted octanol–water partition coefficient (Wildman–Crippen LogP) is 4.12. The Bertz CT molecular complexity index is 962. The second-order valence-corrected chi connectivity index (χ2v) is 8.42. The number of nitrogens with zero attached hydrogens (tertiary/aromatic N) is 1. The molecule has 0 aromatic heterocycles. The summed E-state index contributed by atoms with van der Waals surface area (Å²) in [6.45, 7) is 6.05. The van der Waals surface area contributed by atoms with Gasteiger partial charge in [-0.2, -0.15) is 0 Å². The van der Waals surface area contributed by atoms with Gasteiger partial charge in [0.2, 0.25) is 11.8 Å². The van der Waals surface area contributed by atoms with Crippen molar-refractivity contribution in [3.63, 3.8) is 0 Å². The van der Waals surface area contributed by atoms with Crippen LogP contribution in [0.3, 0.4) is 0 Å². The number of carbonyl (C=O) groups is 2. The molecule has 184 valence electrons. The minimum absolute atomic E-state index is 0.0600. The maximum Gasteiger partial charge on any atom is 0.242 e. The van der Waals surface area contributed by atoms with Gasteiger partial charge >= 0.3 is 0 Å². The molecule has 0 aliphatic carbocycles. The van der Waals surface area contributed by atoms with Crippen LogP contribution in [0.1, 0.15) is 50.7 Å². The third kappa shape index (κ3) is 6.89. The first-order chi connectivity index (χ1) is 16.5. The number of carbonyl (C=O) groups excluding carboxylic acids is 2. The Kier molecular flexibility index (Phi) is 9.62. The number of ether oxygens (including phenoxy) is 3. The molecule has 1 atom stereocenters. The molecule has 1 heterocycles. The van der Waals surface area contributed by atoms with Crippen molar-refractivity contribution in [3.8, 4) is 17.2 Å². The Morgan fingerprint density at radius 2 is 1.85 bits per heavy atom. The molecule has 2 amide bonds. The second kappa shape index (κ2) is 12.9. The predicted molar refractivity (Wildman–Crippen MR) is 131 cm³/mol. The lowest BCUT2D eigenvalue weighted by molar-refractivity contribution is -0.141. The van der Waals surface area contributed by atoms with E-state index in [9.17, 15) is 9.59 Å². The van der Waals surface area contributed by atoms with Crippen LogP contribution in [0, 0.1) is 0 Å². The fourth-order valence-corrected chi connectivity index (χ4v) is 4.03. The van der Waals surface area contributed by atoms with Crippen molar-refractivity contribution in [2.75, 3.05) is 26.9 Å². The lowest BCUT2D eigenvalue weighted by atomic mass is 10.1. The average molecular weight is 469 g/mol. The Hall–Kier alpha value is -3.22. The van der Waals surface area contributed by atoms with Gasteiger partial charge in [0.1, 0.15) is 25.0 Å². The molecule has 34 heavy (non-hydrogen) atoms. The molecule has 1 aliphatic rings. The summed E-state index contributed by atoms with van der Waals surface area (Å²) < 4.78 is 16.6. The van der Waals surface area contributed by atoms with Crippen molar-refractivity contribution in [1.29, 1.82) is 0 Å². The SMILES string of the molecule is CCCCNC(=O)[C@@H](CC)N(Cc1cccc(OC)c1)C(=O)CCc1ccc2c(c1)OCCO2. The molecule has 0 saturated heterocycles. The van der Waals surface area contributed by atoms with E-state index in [1.54, 1.807) is 12.0 Å². The summed E-state index contributed by atoms with van der Waals surface area (Å²) >= 11 is 0. The van der Waals surface area contributed by atoms with Gasteiger partial charge < -0.3 is 24.4 Å². The summed E-state index contributed by atoms with van der Waals surface area (Å²) in [6.07, 6.45) is 3.30. The monoisotopic (exact) mass is 468 g/mol. The zero-order valence-corrected chi connectivity index (χ0v) is 20.5. The largest absolute Gasteiger partial charge is 0.497 e. The highest BCUT2D eigenvalue weighted by atomic mass is 16.6. The fraction of sp³-hybridized carbons (Fsp3) is 0.481. The number of fused-ring (bicyclic) bond motifs is 1. The van der Waals surface area contributed by atoms with Crippen LogP contribution in [0.15, 0.2) is 42.5 Å². The van der Waals surface area contributed by atoms with E-state index < -0.39 is 6.04 Å². The molecule has 0 saturated carbocycles. The Labute approximate surface area is 202 Å². The molecular formula is C27H36N2O5. The highest BCUT2D eigenvalue weighted by molar-refractivity contribution is 5.87. The molecular weight excluding hydrogens is 432 g/mol. The van der Waals surface area contributed by atoms with Gasteiger partial charge in [-0.15, -0.1) is 0 Å². The first kappa shape index (κ1) is 25.4. The first-order valence-electron chi connectivity index (χ1n) is 12.1. The lowest BCUT2D eigenvalue weighted by Crippen LogP contribution is -2.49. The van der Waals surface area contributed by atoms with Gasteiger partial charge in [0.25, 0.3) is 0 Å². The topological polar surface area (TPSA) is 77.1 Å². The van der Waals surface area contributed by atoms with E-state index in [1.807, 2.05) is 49.4 Å². The minimum atomic E-state index is -0.532. The van der Waals surface area contributed by atoms with E-state index in [0.29, 0.717) is 51.3 Å². The number of rotatable bonds is 12. The number of aryl methyl sites for hydroxylation is 1. The number of hydrogen-bond donors (Lipinski definition) is 1. The van der Waals surface area contributed by atoms with Gasteiger partial charge in [-0.25, -0.2) is 0 Å². The maximum atomic E-state index is 13.5. The Balaban J connectivity index is 1.75. The third-order valence-corrected chi connectivity index (χ3v) is 5.94. The highest BCUT2D eigenvalue weighted by Gasteiger charge is 2.28. The van der Waals surface area contributed by atoms with Crippen molar-refractivity contribution in [1.82, 2.24) is 10.2 Å². The first-order valence-corrected chi connectivity index (χ1v) is 12.1. The zero-order chi connectivity index (χ0) is 24.3. The van der Waals surface area contributed by atoms with Gasteiger partial charge in [0.05, 0.1) is 7.11 Å². The summed E-state index contributed by atoms with van der Waals surface area (Å²) in [5.41, 5.74) is 1.92. The van der Waals surface area contributed by atoms with Gasteiger partial charge in [0, 0.05) is 19.5 Å². The van der Waals surface area contributed by atoms with E-state index >= 15 is 0 Å². The highest BCUT2D eigenvalue weighted by Crippen LogP contribution is 2.31. The van der Waals surface area contributed by atoms with E-state index in [0.717, 1.165) is 35.5 Å². The minimum Gasteiger partial charge on any atom is -0.497 e. The number of hydrogen-bond acceptors (Lipinski definition) is 5. The summed E-state index contributed by atoms with van der Waals surface area (Å²) in [6, 6.07) is 12.9. The summed E-state index contributed by atoms with van der Waals surface area (Å²) in [4.78, 5) is 28.1. The Morgan fingerprint density at radius 3 is 2.59 bits per heavy atom. The van der Waals surface area contributed by atoms with Crippen molar-refractivity contribution < 1.29 is 23.8 Å². The van der Waals surface area contributed by atoms with Gasteiger partial charge in [0.15, 0.2) is 11.5 Å². The zero-order valence-electron chi connectivity index (χ0n) is 20.5. The molecule has 2 aromatic rings. The van der Waals surface area contributed by atoms with Crippen LogP contribution in [0.4, 0.5) is 0 Å². The fourth-order valence-electron chi connectivity index (χ4n) is 4.03. The third-order valence-electron chi connectivity index (χ3n) is 5.94. The molecule has 0 radical (unpaired) electrons. The van der Waals surface area contributed by atoms with Crippen molar-refractivity contribution in [2.45, 2.75) is 58.5 Å². The molecule has 1 aliphatic heterocycles. The number of benzene rings is 2. The molecule has 0 spiro atoms. The van der Waals surface area contributed by atoms with Crippen molar-refractivity contribution in [3.05, 3.63) is 53.6 Å². The van der Waals surface area contributed by atoms with E-state index in [-0.39, 0.29) is 11.8 Å². The number of amides is 2. The van der Waals surface area contributed by atoms with Crippen LogP contribution in [-0.4, -0.2) is 49.6 Å². The summed E-state index contributed by atoms with van der Waals surface area (Å²) in [5.74, 6) is 2.00. The molecule has 1 N–H and O–H groups in total. The number of methoxy groups -OCH3 is 1. The maximum absolute atomic E-state index is 13.5. The molecule has 0 bridgehead atoms. The van der Waals surface area contributed by atoms with Crippen LogP contribution in [0.2, 0.25) is 0 Å². The van der Waals surface area contributed by atoms with E-state index in [1.165, 1.54) is 0 Å². The lowest BCUT2D eigenvalue weighted by Gasteiger charge is -2.31. The molecule has 3 rings (SSSR count). The van der Waals surface area contributed by atoms with Crippen LogP contribution in [0.25, 0.3) is 0 Å². The summed E-state index contributed by atoms with van der Waals surface area (Å²) in [5, 5.41) is 3.00. The van der Waals surface area contributed by atoms with Crippen molar-refractivity contribution in [2.24, 2.45) is 0 Å². The van der Waals surface area contributed by atoms with Gasteiger partial charge in [-0.1, -0.05) is 38.5 Å². The van der Waals surface area contributed by atoms with Crippen LogP contribution >= 0.6 is 0 Å². The van der Waals surface area contributed by atoms with Crippen LogP contribution < -0.4 is 19.5 Å². The molecule has 0 fully saturated rings. The molecule has 2 aromatic carbocycles. The second-order valence-electron chi connectivity index (χ2n) is 8.42. The number of nitrogens with one attached hydrogen (secondary N) is 1. The average Bonchev–Trinajstić information content (AvgIpc) is 2.87. The normalized spacial score (nSPS) is 13.1. The van der Waals surface area contributed by atoms with Crippen molar-refractivity contribution >= 4 is 11.8 Å². The molecule has 7 heteroatoms. The van der Waals surface area contributed by atoms with Crippen LogP contribution in [0.5, 0.6) is 17.2 Å². The molecule has 7 nitrogen and oxygen atoms in total. The van der Waals surface area contributed by atoms with Crippen LogP contribution in [-0.2, 0) is 22.6 Å². The van der Waals surface area contributed by atoms with Gasteiger partial charge in [-0.05, 0) is 54.7 Å². The molecule has 0 unspecified atom stereocenters. The van der Waals surface area contributed by atoms with Gasteiger partial charge in [-0.3, -0.25) is 9.59 Å². The Morgan fingerprint density at radius 1 is 1.06 bits per heavy atom. The number of unbranched alkanes of at least 4 members (excludes halogenated alkanes) is 1. The smallest absolute Gasteiger partial charge is 0.242 e. The van der Waals surface area contributed by atoms with E-state index in [2.05, 4.69) is 12.2 Å². The quantitative estimate of drug-likeness (QED) is 0.474. The van der Waals surface area contributed by atoms with E-state index in [4.69, 9.17) is 14.2 Å².